The Hall–Kier alpha value is -1.58. The van der Waals surface area contributed by atoms with Gasteiger partial charge in [-0.3, -0.25) is 0 Å². The van der Waals surface area contributed by atoms with Gasteiger partial charge in [-0.05, 0) is 13.8 Å². The van der Waals surface area contributed by atoms with Crippen molar-refractivity contribution in [1.82, 2.24) is 0 Å². The van der Waals surface area contributed by atoms with E-state index in [4.69, 9.17) is 0 Å². The first kappa shape index (κ1) is 10.4. The van der Waals surface area contributed by atoms with Gasteiger partial charge in [0.05, 0.1) is 6.26 Å². The molecule has 0 aromatic carbocycles. The molecule has 0 N–H and O–H groups in total. The predicted molar refractivity (Wildman–Crippen MR) is 42.2 cm³/mol. The lowest BCUT2D eigenvalue weighted by atomic mass is 10.3. The second-order valence-electron chi connectivity index (χ2n) is 1.90. The molecule has 66 valence electrons. The number of carbonyl (C=O) groups excluding carboxylic acids is 2. The number of rotatable bonds is 2. The molecule has 0 bridgehead atoms. The molecule has 12 heavy (non-hydrogen) atoms. The molecule has 0 radical (unpaired) electrons. The summed E-state index contributed by atoms with van der Waals surface area (Å²) >= 11 is 0. The van der Waals surface area contributed by atoms with Gasteiger partial charge in [-0.25, -0.2) is 9.59 Å². The Morgan fingerprint density at radius 2 is 2.00 bits per heavy atom. The molecule has 4 nitrogen and oxygen atoms in total. The Kier molecular flexibility index (Phi) is 4.45. The van der Waals surface area contributed by atoms with Crippen molar-refractivity contribution in [2.45, 2.75) is 13.8 Å². The van der Waals surface area contributed by atoms with Crippen molar-refractivity contribution >= 4 is 12.1 Å². The quantitative estimate of drug-likeness (QED) is 0.274. The van der Waals surface area contributed by atoms with Crippen molar-refractivity contribution in [1.29, 1.82) is 0 Å². The fraction of sp³-hybridized carbons (Fsp3) is 0.250. The fourth-order valence-electron chi connectivity index (χ4n) is 0.366. The van der Waals surface area contributed by atoms with Gasteiger partial charge in [-0.1, -0.05) is 12.7 Å². The van der Waals surface area contributed by atoms with Crippen LogP contribution >= 0.6 is 0 Å². The molecule has 0 aliphatic carbocycles. The van der Waals surface area contributed by atoms with Crippen molar-refractivity contribution in [3.8, 4) is 0 Å². The van der Waals surface area contributed by atoms with Gasteiger partial charge in [0.2, 0.25) is 0 Å². The number of ether oxygens (including phenoxy) is 2. The van der Waals surface area contributed by atoms with Crippen LogP contribution in [-0.2, 0) is 14.3 Å². The zero-order valence-electron chi connectivity index (χ0n) is 6.99. The van der Waals surface area contributed by atoms with Crippen LogP contribution in [0.15, 0.2) is 24.5 Å². The summed E-state index contributed by atoms with van der Waals surface area (Å²) in [6.45, 7) is 6.32. The third-order valence-corrected chi connectivity index (χ3v) is 1.11. The van der Waals surface area contributed by atoms with Crippen LogP contribution in [0, 0.1) is 0 Å². The second-order valence-corrected chi connectivity index (χ2v) is 1.90. The Morgan fingerprint density at radius 1 is 1.42 bits per heavy atom. The Balaban J connectivity index is 4.01. The van der Waals surface area contributed by atoms with Crippen molar-refractivity contribution < 1.29 is 19.1 Å². The third kappa shape index (κ3) is 3.55. The molecule has 0 aliphatic heterocycles. The van der Waals surface area contributed by atoms with Crippen molar-refractivity contribution in [2.24, 2.45) is 0 Å². The average molecular weight is 170 g/mol. The van der Waals surface area contributed by atoms with E-state index in [1.165, 1.54) is 13.0 Å². The minimum atomic E-state index is -1.07. The normalized spacial score (nSPS) is 10.3. The van der Waals surface area contributed by atoms with Gasteiger partial charge >= 0.3 is 12.1 Å². The minimum absolute atomic E-state index is 0.344. The molecule has 0 atom stereocenters. The molecule has 0 aromatic rings. The van der Waals surface area contributed by atoms with E-state index in [9.17, 15) is 9.59 Å². The van der Waals surface area contributed by atoms with Crippen LogP contribution in [-0.4, -0.2) is 12.1 Å². The third-order valence-electron chi connectivity index (χ3n) is 1.11. The highest BCUT2D eigenvalue weighted by Gasteiger charge is 2.11. The lowest BCUT2D eigenvalue weighted by molar-refractivity contribution is -0.134. The summed E-state index contributed by atoms with van der Waals surface area (Å²) in [4.78, 5) is 21.3. The van der Waals surface area contributed by atoms with Crippen LogP contribution in [0.1, 0.15) is 13.8 Å². The largest absolute Gasteiger partial charge is 0.521 e. The molecule has 0 heterocycles. The molecule has 0 rings (SSSR count). The minimum Gasteiger partial charge on any atom is -0.403 e. The highest BCUT2D eigenvalue weighted by molar-refractivity contribution is 5.94. The SMILES string of the molecule is C=COC(=O)OC(=O)C(C)=CC. The molecule has 0 saturated heterocycles. The van der Waals surface area contributed by atoms with E-state index in [0.29, 0.717) is 5.57 Å². The van der Waals surface area contributed by atoms with Gasteiger partial charge in [0, 0.05) is 5.57 Å². The molecular weight excluding hydrogens is 160 g/mol. The van der Waals surface area contributed by atoms with Crippen LogP contribution in [0.5, 0.6) is 0 Å². The maximum absolute atomic E-state index is 10.8. The first-order chi connectivity index (χ1) is 5.61. The molecule has 0 spiro atoms. The Morgan fingerprint density at radius 3 is 2.42 bits per heavy atom. The predicted octanol–water partition coefficient (Wildman–Crippen LogP) is 1.78. The molecule has 0 saturated carbocycles. The van der Waals surface area contributed by atoms with Crippen LogP contribution < -0.4 is 0 Å². The van der Waals surface area contributed by atoms with E-state index in [1.807, 2.05) is 0 Å². The number of allylic oxidation sites excluding steroid dienone is 1. The fourth-order valence-corrected chi connectivity index (χ4v) is 0.366. The lowest BCUT2D eigenvalue weighted by Crippen LogP contribution is -2.12. The van der Waals surface area contributed by atoms with E-state index in [-0.39, 0.29) is 0 Å². The van der Waals surface area contributed by atoms with Crippen LogP contribution in [0.2, 0.25) is 0 Å². The summed E-state index contributed by atoms with van der Waals surface area (Å²) in [6, 6.07) is 0. The molecule has 0 fully saturated rings. The number of esters is 1. The van der Waals surface area contributed by atoms with Gasteiger partial charge in [-0.15, -0.1) is 0 Å². The highest BCUT2D eigenvalue weighted by atomic mass is 16.7. The van der Waals surface area contributed by atoms with Gasteiger partial charge < -0.3 is 9.47 Å². The number of carbonyl (C=O) groups is 2. The van der Waals surface area contributed by atoms with E-state index < -0.39 is 12.1 Å². The zero-order chi connectivity index (χ0) is 9.56. The van der Waals surface area contributed by atoms with Gasteiger partial charge in [0.15, 0.2) is 0 Å². The summed E-state index contributed by atoms with van der Waals surface area (Å²) in [5.41, 5.74) is 0.344. The summed E-state index contributed by atoms with van der Waals surface area (Å²) in [6.07, 6.45) is 1.35. The Labute approximate surface area is 70.5 Å². The zero-order valence-corrected chi connectivity index (χ0v) is 6.99. The molecule has 0 amide bonds. The smallest absolute Gasteiger partial charge is 0.403 e. The maximum atomic E-state index is 10.8. The van der Waals surface area contributed by atoms with Crippen molar-refractivity contribution in [3.05, 3.63) is 24.5 Å². The topological polar surface area (TPSA) is 52.6 Å². The monoisotopic (exact) mass is 170 g/mol. The number of hydrogen-bond donors (Lipinski definition) is 0. The van der Waals surface area contributed by atoms with Gasteiger partial charge in [0.1, 0.15) is 0 Å². The van der Waals surface area contributed by atoms with Crippen LogP contribution in [0.3, 0.4) is 0 Å². The summed E-state index contributed by atoms with van der Waals surface area (Å²) in [5, 5.41) is 0. The van der Waals surface area contributed by atoms with Gasteiger partial charge in [0.25, 0.3) is 0 Å². The highest BCUT2D eigenvalue weighted by Crippen LogP contribution is 1.97. The molecular formula is C8H10O4. The van der Waals surface area contributed by atoms with Crippen molar-refractivity contribution in [2.75, 3.05) is 0 Å². The van der Waals surface area contributed by atoms with E-state index in [2.05, 4.69) is 16.1 Å². The van der Waals surface area contributed by atoms with E-state index >= 15 is 0 Å². The van der Waals surface area contributed by atoms with Crippen LogP contribution in [0.4, 0.5) is 4.79 Å². The van der Waals surface area contributed by atoms with Crippen molar-refractivity contribution in [3.63, 3.8) is 0 Å². The molecule has 4 heteroatoms. The van der Waals surface area contributed by atoms with Gasteiger partial charge in [-0.2, -0.15) is 0 Å². The van der Waals surface area contributed by atoms with E-state index in [1.54, 1.807) is 6.92 Å². The summed E-state index contributed by atoms with van der Waals surface area (Å²) in [5.74, 6) is -0.718. The standard InChI is InChI=1S/C8H10O4/c1-4-6(3)7(9)12-8(10)11-5-2/h4-5H,2H2,1,3H3. The molecule has 0 aromatic heterocycles. The average Bonchev–Trinajstić information content (AvgIpc) is 2.03. The maximum Gasteiger partial charge on any atom is 0.521 e. The summed E-state index contributed by atoms with van der Waals surface area (Å²) < 4.78 is 8.37. The van der Waals surface area contributed by atoms with Crippen LogP contribution in [0.25, 0.3) is 0 Å². The molecule has 0 unspecified atom stereocenters. The Bertz CT molecular complexity index is 227. The lowest BCUT2D eigenvalue weighted by Gasteiger charge is -1.99. The summed E-state index contributed by atoms with van der Waals surface area (Å²) in [7, 11) is 0. The number of hydrogen-bond acceptors (Lipinski definition) is 4. The first-order valence-corrected chi connectivity index (χ1v) is 3.28. The second kappa shape index (κ2) is 5.12. The molecule has 0 aliphatic rings. The first-order valence-electron chi connectivity index (χ1n) is 3.28. The van der Waals surface area contributed by atoms with E-state index in [0.717, 1.165) is 6.26 Å².